The summed E-state index contributed by atoms with van der Waals surface area (Å²) >= 11 is 0. The van der Waals surface area contributed by atoms with E-state index in [0.29, 0.717) is 5.56 Å². The first-order valence-corrected chi connectivity index (χ1v) is 8.65. The number of aromatic hydroxyl groups is 1. The Hall–Kier alpha value is -1.66. The van der Waals surface area contributed by atoms with Gasteiger partial charge in [-0.05, 0) is 23.3 Å². The Kier molecular flexibility index (Phi) is 5.44. The van der Waals surface area contributed by atoms with Gasteiger partial charge in [0.25, 0.3) is 5.69 Å². The van der Waals surface area contributed by atoms with Crippen LogP contribution < -0.4 is 0 Å². The summed E-state index contributed by atoms with van der Waals surface area (Å²) in [6.07, 6.45) is 0.673. The molecule has 2 rings (SSSR count). The van der Waals surface area contributed by atoms with Crippen LogP contribution in [-0.2, 0) is 9.47 Å². The van der Waals surface area contributed by atoms with Crippen molar-refractivity contribution < 1.29 is 19.5 Å². The zero-order valence-corrected chi connectivity index (χ0v) is 15.9. The van der Waals surface area contributed by atoms with Crippen molar-refractivity contribution in [1.82, 2.24) is 0 Å². The molecule has 0 amide bonds. The van der Waals surface area contributed by atoms with Crippen LogP contribution in [-0.4, -0.2) is 22.2 Å². The number of phenols is 1. The Bertz CT molecular complexity index is 630. The fourth-order valence-electron chi connectivity index (χ4n) is 3.07. The number of benzene rings is 1. The molecule has 1 aliphatic rings. The van der Waals surface area contributed by atoms with E-state index in [9.17, 15) is 15.2 Å². The van der Waals surface area contributed by atoms with Gasteiger partial charge in [0.15, 0.2) is 6.29 Å². The van der Waals surface area contributed by atoms with E-state index in [-0.39, 0.29) is 34.5 Å². The molecule has 6 heteroatoms. The van der Waals surface area contributed by atoms with E-state index in [0.717, 1.165) is 12.8 Å². The fraction of sp³-hybridized carbons (Fsp3) is 0.684. The number of hydrogen-bond donors (Lipinski definition) is 1. The van der Waals surface area contributed by atoms with Gasteiger partial charge in [-0.3, -0.25) is 10.1 Å². The molecule has 1 N–H and O–H groups in total. The van der Waals surface area contributed by atoms with Crippen molar-refractivity contribution in [2.24, 2.45) is 10.8 Å². The highest BCUT2D eigenvalue weighted by Crippen LogP contribution is 2.43. The van der Waals surface area contributed by atoms with Crippen molar-refractivity contribution in [3.8, 4) is 5.75 Å². The molecule has 1 heterocycles. The number of ether oxygens (including phenoxy) is 2. The predicted octanol–water partition coefficient (Wildman–Crippen LogP) is 4.96. The van der Waals surface area contributed by atoms with Crippen LogP contribution in [0.1, 0.15) is 66.2 Å². The van der Waals surface area contributed by atoms with Gasteiger partial charge < -0.3 is 14.6 Å². The van der Waals surface area contributed by atoms with E-state index >= 15 is 0 Å². The smallest absolute Gasteiger partial charge is 0.270 e. The molecule has 0 bridgehead atoms. The lowest BCUT2D eigenvalue weighted by atomic mass is 9.81. The summed E-state index contributed by atoms with van der Waals surface area (Å²) in [7, 11) is 0. The maximum Gasteiger partial charge on any atom is 0.270 e. The quantitative estimate of drug-likeness (QED) is 0.615. The first-order valence-electron chi connectivity index (χ1n) is 8.65. The van der Waals surface area contributed by atoms with Crippen LogP contribution in [0.4, 0.5) is 5.69 Å². The number of nitrogens with zero attached hydrogens (tertiary/aromatic N) is 1. The molecule has 25 heavy (non-hydrogen) atoms. The summed E-state index contributed by atoms with van der Waals surface area (Å²) in [4.78, 5) is 10.6. The minimum atomic E-state index is -0.815. The van der Waals surface area contributed by atoms with Gasteiger partial charge in [0.2, 0.25) is 0 Å². The molecule has 0 aliphatic carbocycles. The van der Waals surface area contributed by atoms with Gasteiger partial charge in [-0.15, -0.1) is 0 Å². The summed E-state index contributed by atoms with van der Waals surface area (Å²) in [6, 6.07) is 3.92. The van der Waals surface area contributed by atoms with Gasteiger partial charge in [-0.1, -0.05) is 41.5 Å². The summed E-state index contributed by atoms with van der Waals surface area (Å²) in [5.74, 6) is -0.0559. The Morgan fingerprint density at radius 3 is 2.36 bits per heavy atom. The number of nitro groups is 1. The molecule has 0 radical (unpaired) electrons. The molecule has 1 aromatic rings. The second kappa shape index (κ2) is 6.92. The molecule has 1 aliphatic heterocycles. The Morgan fingerprint density at radius 1 is 1.20 bits per heavy atom. The Morgan fingerprint density at radius 2 is 1.84 bits per heavy atom. The maximum atomic E-state index is 11.1. The molecule has 3 unspecified atom stereocenters. The first kappa shape index (κ1) is 19.7. The normalized spacial score (nSPS) is 25.0. The van der Waals surface area contributed by atoms with Gasteiger partial charge in [-0.25, -0.2) is 0 Å². The summed E-state index contributed by atoms with van der Waals surface area (Å²) in [5.41, 5.74) is 0.195. The van der Waals surface area contributed by atoms with Crippen LogP contribution in [0, 0.1) is 20.9 Å². The molecule has 3 atom stereocenters. The molecule has 1 fully saturated rings. The third-order valence-corrected chi connectivity index (χ3v) is 4.36. The monoisotopic (exact) mass is 351 g/mol. The van der Waals surface area contributed by atoms with Crippen molar-refractivity contribution >= 4 is 5.69 Å². The molecule has 140 valence electrons. The van der Waals surface area contributed by atoms with Crippen LogP contribution >= 0.6 is 0 Å². The SMILES string of the molecule is CC(C)(C)CC1CC(C(C)(C)C)OC(c2cc([N+](=O)[O-])ccc2O)O1. The van der Waals surface area contributed by atoms with Gasteiger partial charge in [0, 0.05) is 18.6 Å². The second-order valence-electron chi connectivity index (χ2n) is 9.08. The van der Waals surface area contributed by atoms with E-state index in [2.05, 4.69) is 41.5 Å². The molecule has 0 aromatic heterocycles. The topological polar surface area (TPSA) is 81.8 Å². The largest absolute Gasteiger partial charge is 0.507 e. The van der Waals surface area contributed by atoms with Crippen LogP contribution in [0.15, 0.2) is 18.2 Å². The van der Waals surface area contributed by atoms with E-state index in [1.165, 1.54) is 18.2 Å². The van der Waals surface area contributed by atoms with Crippen molar-refractivity contribution in [2.75, 3.05) is 0 Å². The standard InChI is InChI=1S/C19H29NO5/c1-18(2,3)11-13-10-16(19(4,5)6)25-17(24-13)14-9-12(20(22)23)7-8-15(14)21/h7-9,13,16-17,21H,10-11H2,1-6H3. The first-order chi connectivity index (χ1) is 11.4. The molecule has 1 aromatic carbocycles. The summed E-state index contributed by atoms with van der Waals surface area (Å²) in [5, 5.41) is 21.3. The van der Waals surface area contributed by atoms with Crippen LogP contribution in [0.3, 0.4) is 0 Å². The average molecular weight is 351 g/mol. The molecule has 6 nitrogen and oxygen atoms in total. The third-order valence-electron chi connectivity index (χ3n) is 4.36. The minimum absolute atomic E-state index is 0.0402. The minimum Gasteiger partial charge on any atom is -0.507 e. The van der Waals surface area contributed by atoms with Crippen LogP contribution in [0.25, 0.3) is 0 Å². The molecular weight excluding hydrogens is 322 g/mol. The van der Waals surface area contributed by atoms with Crippen molar-refractivity contribution in [3.05, 3.63) is 33.9 Å². The lowest BCUT2D eigenvalue weighted by Crippen LogP contribution is -2.42. The average Bonchev–Trinajstić information content (AvgIpc) is 2.44. The zero-order valence-electron chi connectivity index (χ0n) is 15.9. The zero-order chi connectivity index (χ0) is 19.0. The lowest BCUT2D eigenvalue weighted by Gasteiger charge is -2.43. The number of nitro benzene ring substituents is 1. The summed E-state index contributed by atoms with van der Waals surface area (Å²) < 4.78 is 12.2. The van der Waals surface area contributed by atoms with Crippen LogP contribution in [0.2, 0.25) is 0 Å². The number of non-ortho nitro benzene ring substituents is 1. The van der Waals surface area contributed by atoms with E-state index < -0.39 is 11.2 Å². The number of hydrogen-bond acceptors (Lipinski definition) is 5. The Labute approximate surface area is 149 Å². The molecule has 1 saturated heterocycles. The van der Waals surface area contributed by atoms with E-state index in [1.807, 2.05) is 0 Å². The molecular formula is C19H29NO5. The maximum absolute atomic E-state index is 11.1. The van der Waals surface area contributed by atoms with Gasteiger partial charge in [-0.2, -0.15) is 0 Å². The molecule has 0 saturated carbocycles. The van der Waals surface area contributed by atoms with Gasteiger partial charge >= 0.3 is 0 Å². The predicted molar refractivity (Wildman–Crippen MR) is 95.4 cm³/mol. The fourth-order valence-corrected chi connectivity index (χ4v) is 3.07. The van der Waals surface area contributed by atoms with Crippen molar-refractivity contribution in [1.29, 1.82) is 0 Å². The van der Waals surface area contributed by atoms with E-state index in [4.69, 9.17) is 9.47 Å². The second-order valence-corrected chi connectivity index (χ2v) is 9.08. The third kappa shape index (κ3) is 5.16. The van der Waals surface area contributed by atoms with Crippen molar-refractivity contribution in [2.45, 2.75) is 72.9 Å². The highest BCUT2D eigenvalue weighted by Gasteiger charge is 2.39. The van der Waals surface area contributed by atoms with Crippen molar-refractivity contribution in [3.63, 3.8) is 0 Å². The highest BCUT2D eigenvalue weighted by molar-refractivity contribution is 5.43. The summed E-state index contributed by atoms with van der Waals surface area (Å²) in [6.45, 7) is 12.7. The van der Waals surface area contributed by atoms with Crippen LogP contribution in [0.5, 0.6) is 5.75 Å². The lowest BCUT2D eigenvalue weighted by molar-refractivity contribution is -0.385. The Balaban J connectivity index is 2.35. The highest BCUT2D eigenvalue weighted by atomic mass is 16.7. The van der Waals surface area contributed by atoms with Gasteiger partial charge in [0.05, 0.1) is 22.7 Å². The van der Waals surface area contributed by atoms with E-state index in [1.54, 1.807) is 0 Å². The molecule has 0 spiro atoms. The van der Waals surface area contributed by atoms with Gasteiger partial charge in [0.1, 0.15) is 5.75 Å². The number of rotatable bonds is 3. The number of phenolic OH excluding ortho intramolecular Hbond substituents is 1.